The largest absolute Gasteiger partial charge is 0.508 e. The fraction of sp³-hybridized carbons (Fsp3) is 0.280. The summed E-state index contributed by atoms with van der Waals surface area (Å²) in [7, 11) is 0. The van der Waals surface area contributed by atoms with Crippen LogP contribution in [-0.2, 0) is 19.1 Å². The Morgan fingerprint density at radius 2 is 1.62 bits per heavy atom. The van der Waals surface area contributed by atoms with Crippen LogP contribution in [0.3, 0.4) is 0 Å². The molecule has 1 aliphatic carbocycles. The zero-order valence-corrected chi connectivity index (χ0v) is 18.8. The quantitative estimate of drug-likeness (QED) is 0.329. The van der Waals surface area contributed by atoms with Crippen LogP contribution in [0.15, 0.2) is 60.7 Å². The highest BCUT2D eigenvalue weighted by atomic mass is 35.5. The number of esters is 1. The highest BCUT2D eigenvalue weighted by molar-refractivity contribution is 6.30. The van der Waals surface area contributed by atoms with Crippen LogP contribution < -0.4 is 0 Å². The molecule has 0 radical (unpaired) electrons. The fourth-order valence-electron chi connectivity index (χ4n) is 3.60. The summed E-state index contributed by atoms with van der Waals surface area (Å²) in [6.07, 6.45) is 0.962. The van der Waals surface area contributed by atoms with Gasteiger partial charge in [-0.3, -0.25) is 0 Å². The number of ether oxygens (including phenoxy) is 2. The summed E-state index contributed by atoms with van der Waals surface area (Å²) >= 11 is 5.85. The maximum atomic E-state index is 12.3. The van der Waals surface area contributed by atoms with Crippen molar-refractivity contribution in [3.8, 4) is 5.75 Å². The number of hydrogen-bond acceptors (Lipinski definition) is 7. The lowest BCUT2D eigenvalue weighted by molar-refractivity contribution is -0.204. The van der Waals surface area contributed by atoms with E-state index in [9.17, 15) is 30.0 Å². The van der Waals surface area contributed by atoms with Crippen LogP contribution in [-0.4, -0.2) is 62.9 Å². The van der Waals surface area contributed by atoms with Gasteiger partial charge in [0.25, 0.3) is 0 Å². The predicted octanol–water partition coefficient (Wildman–Crippen LogP) is 3.04. The van der Waals surface area contributed by atoms with Crippen molar-refractivity contribution >= 4 is 35.7 Å². The van der Waals surface area contributed by atoms with Gasteiger partial charge in [0.15, 0.2) is 5.60 Å². The smallest absolute Gasteiger partial charge is 0.336 e. The Morgan fingerprint density at radius 3 is 2.26 bits per heavy atom. The van der Waals surface area contributed by atoms with Gasteiger partial charge in [-0.1, -0.05) is 48.0 Å². The first-order valence-corrected chi connectivity index (χ1v) is 10.9. The van der Waals surface area contributed by atoms with Gasteiger partial charge >= 0.3 is 11.9 Å². The average molecular weight is 489 g/mol. The van der Waals surface area contributed by atoms with Crippen LogP contribution in [0.5, 0.6) is 5.75 Å². The number of aromatic hydroxyl groups is 1. The number of hydrogen-bond donors (Lipinski definition) is 4. The maximum Gasteiger partial charge on any atom is 0.336 e. The van der Waals surface area contributed by atoms with Gasteiger partial charge in [-0.25, -0.2) is 9.59 Å². The standard InChI is InChI=1S/C25H25ClO8/c26-18-8-3-16(4-9-18)2-1-13-33-25(24(31)32)14-20(28)23(30)21(15-25)34-22(29)12-7-17-5-10-19(27)11-6-17/h1-12,20-21,23,27-28,30H,13-15H2,(H,31,32)/b2-1-,12-7+/t20-,21+,23+,25-/m0/s1. The van der Waals surface area contributed by atoms with Gasteiger partial charge in [-0.15, -0.1) is 0 Å². The summed E-state index contributed by atoms with van der Waals surface area (Å²) in [4.78, 5) is 24.3. The highest BCUT2D eigenvalue weighted by Gasteiger charge is 2.52. The molecular formula is C25H25ClO8. The Hall–Kier alpha value is -3.17. The molecule has 1 aliphatic rings. The molecule has 0 saturated heterocycles. The lowest BCUT2D eigenvalue weighted by Crippen LogP contribution is -2.58. The molecule has 9 heteroatoms. The van der Waals surface area contributed by atoms with Gasteiger partial charge in [0.1, 0.15) is 18.0 Å². The minimum Gasteiger partial charge on any atom is -0.508 e. The topological polar surface area (TPSA) is 134 Å². The summed E-state index contributed by atoms with van der Waals surface area (Å²) < 4.78 is 10.9. The Morgan fingerprint density at radius 1 is 1.00 bits per heavy atom. The number of aliphatic hydroxyl groups is 2. The second-order valence-electron chi connectivity index (χ2n) is 7.93. The average Bonchev–Trinajstić information content (AvgIpc) is 2.80. The van der Waals surface area contributed by atoms with E-state index in [1.54, 1.807) is 48.6 Å². The van der Waals surface area contributed by atoms with Gasteiger partial charge < -0.3 is 29.9 Å². The minimum absolute atomic E-state index is 0.0760. The third-order valence-corrected chi connectivity index (χ3v) is 5.70. The van der Waals surface area contributed by atoms with Crippen molar-refractivity contribution in [3.63, 3.8) is 0 Å². The van der Waals surface area contributed by atoms with E-state index in [1.807, 2.05) is 0 Å². The number of carboxylic acid groups (broad SMARTS) is 1. The van der Waals surface area contributed by atoms with E-state index in [-0.39, 0.29) is 25.2 Å². The number of benzene rings is 2. The number of rotatable bonds is 8. The number of phenolic OH excluding ortho intramolecular Hbond substituents is 1. The molecule has 0 aromatic heterocycles. The van der Waals surface area contributed by atoms with Crippen molar-refractivity contribution in [2.75, 3.05) is 6.61 Å². The lowest BCUT2D eigenvalue weighted by atomic mass is 9.79. The van der Waals surface area contributed by atoms with Gasteiger partial charge in [-0.2, -0.15) is 0 Å². The molecular weight excluding hydrogens is 464 g/mol. The normalized spacial score (nSPS) is 25.0. The Bertz CT molecular complexity index is 1050. The molecule has 0 spiro atoms. The molecule has 3 rings (SSSR count). The van der Waals surface area contributed by atoms with Crippen molar-refractivity contribution in [2.45, 2.75) is 36.8 Å². The molecule has 8 nitrogen and oxygen atoms in total. The first-order valence-electron chi connectivity index (χ1n) is 10.5. The predicted molar refractivity (Wildman–Crippen MR) is 125 cm³/mol. The van der Waals surface area contributed by atoms with E-state index in [0.717, 1.165) is 11.6 Å². The van der Waals surface area contributed by atoms with Crippen LogP contribution in [0, 0.1) is 0 Å². The van der Waals surface area contributed by atoms with Crippen LogP contribution in [0.25, 0.3) is 12.2 Å². The number of carboxylic acids is 1. The van der Waals surface area contributed by atoms with Gasteiger partial charge in [0, 0.05) is 23.9 Å². The number of phenols is 1. The van der Waals surface area contributed by atoms with Crippen molar-refractivity contribution < 1.29 is 39.5 Å². The maximum absolute atomic E-state index is 12.3. The van der Waals surface area contributed by atoms with Gasteiger partial charge in [-0.05, 0) is 41.5 Å². The summed E-state index contributed by atoms with van der Waals surface area (Å²) in [5.41, 5.74) is -0.396. The Kier molecular flexibility index (Phi) is 8.46. The lowest BCUT2D eigenvalue weighted by Gasteiger charge is -2.41. The molecule has 2 aromatic rings. The molecule has 4 atom stereocenters. The molecule has 2 aromatic carbocycles. The van der Waals surface area contributed by atoms with Crippen molar-refractivity contribution in [2.24, 2.45) is 0 Å². The van der Waals surface area contributed by atoms with E-state index in [1.165, 1.54) is 18.2 Å². The third kappa shape index (κ3) is 6.68. The van der Waals surface area contributed by atoms with Gasteiger partial charge in [0.2, 0.25) is 0 Å². The van der Waals surface area contributed by atoms with Crippen LogP contribution in [0.2, 0.25) is 5.02 Å². The fourth-order valence-corrected chi connectivity index (χ4v) is 3.73. The summed E-state index contributed by atoms with van der Waals surface area (Å²) in [6, 6.07) is 13.1. The minimum atomic E-state index is -1.85. The van der Waals surface area contributed by atoms with Crippen molar-refractivity contribution in [1.82, 2.24) is 0 Å². The summed E-state index contributed by atoms with van der Waals surface area (Å²) in [5, 5.41) is 40.3. The number of carbonyl (C=O) groups is 2. The van der Waals surface area contributed by atoms with E-state index < -0.39 is 35.9 Å². The zero-order valence-electron chi connectivity index (χ0n) is 18.1. The second kappa shape index (κ2) is 11.3. The first-order chi connectivity index (χ1) is 16.2. The molecule has 180 valence electrons. The third-order valence-electron chi connectivity index (χ3n) is 5.44. The zero-order chi connectivity index (χ0) is 24.7. The summed E-state index contributed by atoms with van der Waals surface area (Å²) in [5.74, 6) is -2.08. The van der Waals surface area contributed by atoms with Crippen LogP contribution in [0.4, 0.5) is 0 Å². The Balaban J connectivity index is 1.65. The Labute approximate surface area is 201 Å². The molecule has 1 fully saturated rings. The van der Waals surface area contributed by atoms with E-state index in [0.29, 0.717) is 10.6 Å². The van der Waals surface area contributed by atoms with Crippen molar-refractivity contribution in [1.29, 1.82) is 0 Å². The number of aliphatic carboxylic acids is 1. The molecule has 0 bridgehead atoms. The molecule has 0 unspecified atom stereocenters. The number of aliphatic hydroxyl groups excluding tert-OH is 2. The van der Waals surface area contributed by atoms with E-state index in [4.69, 9.17) is 21.1 Å². The molecule has 4 N–H and O–H groups in total. The van der Waals surface area contributed by atoms with E-state index >= 15 is 0 Å². The monoisotopic (exact) mass is 488 g/mol. The SMILES string of the molecule is O=C(/C=C/c1ccc(O)cc1)O[C@@H]1C[C@](OC/C=C\c2ccc(Cl)cc2)(C(=O)O)C[C@H](O)[C@H]1O. The van der Waals surface area contributed by atoms with Crippen LogP contribution in [0.1, 0.15) is 24.0 Å². The number of carbonyl (C=O) groups excluding carboxylic acids is 1. The molecule has 0 amide bonds. The van der Waals surface area contributed by atoms with E-state index in [2.05, 4.69) is 0 Å². The molecule has 0 aliphatic heterocycles. The second-order valence-corrected chi connectivity index (χ2v) is 8.37. The highest BCUT2D eigenvalue weighted by Crippen LogP contribution is 2.34. The number of halogens is 1. The molecule has 0 heterocycles. The molecule has 1 saturated carbocycles. The molecule has 34 heavy (non-hydrogen) atoms. The van der Waals surface area contributed by atoms with Crippen molar-refractivity contribution in [3.05, 3.63) is 76.8 Å². The van der Waals surface area contributed by atoms with Gasteiger partial charge in [0.05, 0.1) is 12.7 Å². The first kappa shape index (κ1) is 25.5. The summed E-state index contributed by atoms with van der Waals surface area (Å²) in [6.45, 7) is -0.0842. The van der Waals surface area contributed by atoms with Crippen LogP contribution >= 0.6 is 11.6 Å².